The lowest BCUT2D eigenvalue weighted by molar-refractivity contribution is 0.359. The summed E-state index contributed by atoms with van der Waals surface area (Å²) < 4.78 is 35.2. The van der Waals surface area contributed by atoms with Gasteiger partial charge in [0.05, 0.1) is 17.1 Å². The van der Waals surface area contributed by atoms with Crippen molar-refractivity contribution in [1.29, 1.82) is 0 Å². The maximum atomic E-state index is 13.4. The van der Waals surface area contributed by atoms with Crippen molar-refractivity contribution < 1.29 is 12.9 Å². The fraction of sp³-hybridized carbons (Fsp3) is 0.421. The Labute approximate surface area is 164 Å². The van der Waals surface area contributed by atoms with Crippen LogP contribution in [0.4, 0.5) is 5.69 Å². The number of anilines is 1. The first kappa shape index (κ1) is 18.7. The molecule has 0 saturated carbocycles. The zero-order valence-electron chi connectivity index (χ0n) is 16.4. The summed E-state index contributed by atoms with van der Waals surface area (Å²) in [5.41, 5.74) is 2.82. The van der Waals surface area contributed by atoms with E-state index in [0.29, 0.717) is 36.1 Å². The van der Waals surface area contributed by atoms with E-state index in [1.165, 1.54) is 4.31 Å². The van der Waals surface area contributed by atoms with Gasteiger partial charge in [-0.1, -0.05) is 37.2 Å². The Morgan fingerprint density at radius 2 is 1.96 bits per heavy atom. The van der Waals surface area contributed by atoms with Gasteiger partial charge in [-0.15, -0.1) is 0 Å². The van der Waals surface area contributed by atoms with E-state index >= 15 is 0 Å². The van der Waals surface area contributed by atoms with Crippen LogP contribution in [0.25, 0.3) is 0 Å². The van der Waals surface area contributed by atoms with Gasteiger partial charge in [0.2, 0.25) is 5.89 Å². The smallest absolute Gasteiger partial charge is 0.268 e. The fourth-order valence-electron chi connectivity index (χ4n) is 3.58. The van der Waals surface area contributed by atoms with Crippen LogP contribution in [-0.4, -0.2) is 34.9 Å². The average molecular weight is 401 g/mol. The highest BCUT2D eigenvalue weighted by Gasteiger charge is 2.35. The van der Waals surface area contributed by atoms with Gasteiger partial charge < -0.3 is 4.52 Å². The predicted molar refractivity (Wildman–Crippen MR) is 104 cm³/mol. The third-order valence-electron chi connectivity index (χ3n) is 4.98. The van der Waals surface area contributed by atoms with Gasteiger partial charge in [-0.3, -0.25) is 8.99 Å². The van der Waals surface area contributed by atoms with Crippen LogP contribution < -0.4 is 4.31 Å². The molecular formula is C19H23N5O3S. The minimum absolute atomic E-state index is 0.132. The quantitative estimate of drug-likeness (QED) is 0.652. The highest BCUT2D eigenvalue weighted by atomic mass is 32.2. The number of sulfonamides is 1. The number of hydrogen-bond acceptors (Lipinski definition) is 6. The highest BCUT2D eigenvalue weighted by molar-refractivity contribution is 7.93. The van der Waals surface area contributed by atoms with Crippen molar-refractivity contribution >= 4 is 15.7 Å². The number of para-hydroxylation sites is 1. The largest absolute Gasteiger partial charge is 0.339 e. The highest BCUT2D eigenvalue weighted by Crippen LogP contribution is 2.34. The molecule has 0 amide bonds. The van der Waals surface area contributed by atoms with Crippen LogP contribution in [0.1, 0.15) is 48.4 Å². The van der Waals surface area contributed by atoms with Gasteiger partial charge in [0.25, 0.3) is 10.0 Å². The van der Waals surface area contributed by atoms with E-state index in [0.717, 1.165) is 11.3 Å². The first-order valence-electron chi connectivity index (χ1n) is 9.26. The molecular weight excluding hydrogens is 378 g/mol. The Kier molecular flexibility index (Phi) is 4.49. The standard InChI is InChI=1S/C19H23N5O3S/c1-12(2)19-20-17(22-27-19)11-23-14(4)18(13(3)21-23)28(25,26)24-10-9-15-7-5-6-8-16(15)24/h5-8,12H,9-11H2,1-4H3. The molecule has 8 nitrogen and oxygen atoms in total. The second-order valence-corrected chi connectivity index (χ2v) is 9.12. The van der Waals surface area contributed by atoms with Crippen molar-refractivity contribution in [3.8, 4) is 0 Å². The number of hydrogen-bond donors (Lipinski definition) is 0. The van der Waals surface area contributed by atoms with E-state index < -0.39 is 10.0 Å². The molecule has 1 aliphatic heterocycles. The third-order valence-corrected chi connectivity index (χ3v) is 7.04. The van der Waals surface area contributed by atoms with E-state index in [1.807, 2.05) is 38.1 Å². The SMILES string of the molecule is Cc1nn(Cc2noc(C(C)C)n2)c(C)c1S(=O)(=O)N1CCc2ccccc21. The first-order valence-corrected chi connectivity index (χ1v) is 10.7. The molecule has 1 aromatic carbocycles. The summed E-state index contributed by atoms with van der Waals surface area (Å²) in [6.07, 6.45) is 0.711. The summed E-state index contributed by atoms with van der Waals surface area (Å²) in [7, 11) is -3.71. The summed E-state index contributed by atoms with van der Waals surface area (Å²) in [6, 6.07) is 7.61. The second kappa shape index (κ2) is 6.73. The van der Waals surface area contributed by atoms with Gasteiger partial charge in [-0.25, -0.2) is 8.42 Å². The summed E-state index contributed by atoms with van der Waals surface area (Å²) in [4.78, 5) is 4.60. The van der Waals surface area contributed by atoms with Gasteiger partial charge in [0.1, 0.15) is 11.4 Å². The van der Waals surface area contributed by atoms with Crippen molar-refractivity contribution in [2.45, 2.75) is 51.5 Å². The fourth-order valence-corrected chi connectivity index (χ4v) is 5.46. The minimum atomic E-state index is -3.71. The summed E-state index contributed by atoms with van der Waals surface area (Å²) in [5.74, 6) is 1.16. The molecule has 0 N–H and O–H groups in total. The number of rotatable bonds is 5. The van der Waals surface area contributed by atoms with E-state index in [4.69, 9.17) is 4.52 Å². The lowest BCUT2D eigenvalue weighted by Gasteiger charge is -2.19. The predicted octanol–water partition coefficient (Wildman–Crippen LogP) is 2.81. The average Bonchev–Trinajstić information content (AvgIpc) is 3.33. The molecule has 3 heterocycles. The normalized spacial score (nSPS) is 14.1. The van der Waals surface area contributed by atoms with E-state index in [-0.39, 0.29) is 17.4 Å². The summed E-state index contributed by atoms with van der Waals surface area (Å²) >= 11 is 0. The summed E-state index contributed by atoms with van der Waals surface area (Å²) in [5, 5.41) is 8.42. The topological polar surface area (TPSA) is 94.1 Å². The minimum Gasteiger partial charge on any atom is -0.339 e. The molecule has 0 unspecified atom stereocenters. The Morgan fingerprint density at radius 1 is 1.21 bits per heavy atom. The number of aryl methyl sites for hydroxylation is 1. The van der Waals surface area contributed by atoms with Crippen LogP contribution in [0, 0.1) is 13.8 Å². The van der Waals surface area contributed by atoms with Crippen molar-refractivity contribution in [1.82, 2.24) is 19.9 Å². The van der Waals surface area contributed by atoms with Gasteiger partial charge in [-0.2, -0.15) is 10.1 Å². The molecule has 2 aromatic heterocycles. The van der Waals surface area contributed by atoms with E-state index in [2.05, 4.69) is 15.2 Å². The molecule has 0 saturated heterocycles. The molecule has 9 heteroatoms. The number of benzene rings is 1. The Hall–Kier alpha value is -2.68. The van der Waals surface area contributed by atoms with E-state index in [9.17, 15) is 8.42 Å². The number of aromatic nitrogens is 4. The lowest BCUT2D eigenvalue weighted by Crippen LogP contribution is -2.30. The molecule has 1 aliphatic rings. The van der Waals surface area contributed by atoms with Gasteiger partial charge in [-0.05, 0) is 31.9 Å². The molecule has 0 atom stereocenters. The van der Waals surface area contributed by atoms with Crippen LogP contribution in [0.3, 0.4) is 0 Å². The Morgan fingerprint density at radius 3 is 2.68 bits per heavy atom. The molecule has 4 rings (SSSR count). The number of nitrogens with zero attached hydrogens (tertiary/aromatic N) is 5. The maximum absolute atomic E-state index is 13.4. The molecule has 28 heavy (non-hydrogen) atoms. The van der Waals surface area contributed by atoms with Crippen LogP contribution in [0.5, 0.6) is 0 Å². The summed E-state index contributed by atoms with van der Waals surface area (Å²) in [6.45, 7) is 8.12. The van der Waals surface area contributed by atoms with Gasteiger partial charge in [0, 0.05) is 12.5 Å². The maximum Gasteiger partial charge on any atom is 0.268 e. The molecule has 0 radical (unpaired) electrons. The zero-order valence-corrected chi connectivity index (χ0v) is 17.2. The molecule has 148 valence electrons. The monoisotopic (exact) mass is 401 g/mol. The van der Waals surface area contributed by atoms with Crippen LogP contribution in [0.2, 0.25) is 0 Å². The Bertz CT molecular complexity index is 1130. The molecule has 0 aliphatic carbocycles. The van der Waals surface area contributed by atoms with Crippen LogP contribution in [-0.2, 0) is 23.0 Å². The molecule has 3 aromatic rings. The molecule has 0 bridgehead atoms. The Balaban J connectivity index is 1.69. The number of fused-ring (bicyclic) bond motifs is 1. The van der Waals surface area contributed by atoms with E-state index in [1.54, 1.807) is 18.5 Å². The first-order chi connectivity index (χ1) is 13.3. The zero-order chi connectivity index (χ0) is 20.1. The second-order valence-electron chi connectivity index (χ2n) is 7.32. The van der Waals surface area contributed by atoms with Gasteiger partial charge in [0.15, 0.2) is 5.82 Å². The van der Waals surface area contributed by atoms with Gasteiger partial charge >= 0.3 is 0 Å². The van der Waals surface area contributed by atoms with Crippen molar-refractivity contribution in [3.63, 3.8) is 0 Å². The van der Waals surface area contributed by atoms with Crippen LogP contribution >= 0.6 is 0 Å². The van der Waals surface area contributed by atoms with Crippen molar-refractivity contribution in [2.24, 2.45) is 0 Å². The van der Waals surface area contributed by atoms with Crippen molar-refractivity contribution in [2.75, 3.05) is 10.8 Å². The third kappa shape index (κ3) is 2.99. The molecule has 0 fully saturated rings. The van der Waals surface area contributed by atoms with Crippen molar-refractivity contribution in [3.05, 3.63) is 52.9 Å². The van der Waals surface area contributed by atoms with Crippen LogP contribution in [0.15, 0.2) is 33.7 Å². The lowest BCUT2D eigenvalue weighted by atomic mass is 10.2. The molecule has 0 spiro atoms.